The number of thiophene rings is 1. The van der Waals surface area contributed by atoms with Crippen LogP contribution in [0.3, 0.4) is 0 Å². The number of imide groups is 1. The Balaban J connectivity index is 0.911. The van der Waals surface area contributed by atoms with E-state index in [-0.39, 0.29) is 47.7 Å². The van der Waals surface area contributed by atoms with Gasteiger partial charge in [0.15, 0.2) is 0 Å². The fourth-order valence-electron chi connectivity index (χ4n) is 9.11. The molecule has 0 bridgehead atoms. The van der Waals surface area contributed by atoms with Crippen LogP contribution in [0, 0.1) is 0 Å². The number of halogens is 2. The molecule has 60 heavy (non-hydrogen) atoms. The number of methoxy groups -OCH3 is 2. The zero-order valence-corrected chi connectivity index (χ0v) is 35.1. The first kappa shape index (κ1) is 41.3. The summed E-state index contributed by atoms with van der Waals surface area (Å²) in [6.45, 7) is 2.05. The molecule has 14 nitrogen and oxygen atoms in total. The number of nitrogens with one attached hydrogen (secondary N) is 2. The molecule has 0 radical (unpaired) electrons. The highest BCUT2D eigenvalue weighted by molar-refractivity contribution is 7.21. The number of alkyl halides is 2. The maximum atomic E-state index is 15.9. The van der Waals surface area contributed by atoms with Gasteiger partial charge in [0.05, 0.1) is 42.6 Å². The number of likely N-dealkylation sites (tertiary alicyclic amines) is 1. The molecule has 2 aromatic carbocycles. The predicted octanol–water partition coefficient (Wildman–Crippen LogP) is 4.22. The van der Waals surface area contributed by atoms with E-state index >= 15 is 8.78 Å². The number of carbonyl (C=O) groups is 4. The Hall–Kier alpha value is -5.39. The lowest BCUT2D eigenvalue weighted by Gasteiger charge is -2.45. The van der Waals surface area contributed by atoms with Crippen LogP contribution in [-0.4, -0.2) is 121 Å². The molecule has 3 fully saturated rings. The Morgan fingerprint density at radius 2 is 1.68 bits per heavy atom. The molecule has 0 spiro atoms. The van der Waals surface area contributed by atoms with Crippen LogP contribution in [0.4, 0.5) is 14.5 Å². The average molecular weight is 846 g/mol. The van der Waals surface area contributed by atoms with E-state index < -0.39 is 36.4 Å². The first-order chi connectivity index (χ1) is 28.6. The van der Waals surface area contributed by atoms with Crippen molar-refractivity contribution in [3.05, 3.63) is 74.5 Å². The van der Waals surface area contributed by atoms with E-state index in [9.17, 15) is 24.0 Å². The van der Waals surface area contributed by atoms with Crippen molar-refractivity contribution in [2.45, 2.75) is 69.2 Å². The lowest BCUT2D eigenvalue weighted by atomic mass is 9.95. The number of amides is 4. The molecule has 2 unspecified atom stereocenters. The van der Waals surface area contributed by atoms with E-state index in [0.717, 1.165) is 28.2 Å². The molecule has 4 amide bonds. The number of carbonyl (C=O) groups excluding carboxylic acids is 4. The monoisotopic (exact) mass is 845 g/mol. The second-order valence-corrected chi connectivity index (χ2v) is 17.5. The molecule has 3 saturated heterocycles. The van der Waals surface area contributed by atoms with Crippen LogP contribution >= 0.6 is 11.3 Å². The Morgan fingerprint density at radius 1 is 0.967 bits per heavy atom. The van der Waals surface area contributed by atoms with Crippen molar-refractivity contribution < 1.29 is 37.4 Å². The molecule has 2 N–H and O–H groups in total. The van der Waals surface area contributed by atoms with Crippen LogP contribution in [0.1, 0.15) is 63.3 Å². The van der Waals surface area contributed by atoms with Gasteiger partial charge in [0.25, 0.3) is 23.3 Å². The van der Waals surface area contributed by atoms with Crippen LogP contribution in [0.15, 0.2) is 47.4 Å². The number of anilines is 1. The Kier molecular flexibility index (Phi) is 11.2. The lowest BCUT2D eigenvalue weighted by molar-refractivity contribution is -0.136. The van der Waals surface area contributed by atoms with Crippen LogP contribution < -0.4 is 30.6 Å². The summed E-state index contributed by atoms with van der Waals surface area (Å²) in [5.41, 5.74) is 4.24. The minimum atomic E-state index is -3.19. The molecule has 0 aliphatic carbocycles. The van der Waals surface area contributed by atoms with Gasteiger partial charge in [-0.25, -0.2) is 8.78 Å². The van der Waals surface area contributed by atoms with Gasteiger partial charge in [-0.2, -0.15) is 0 Å². The van der Waals surface area contributed by atoms with Gasteiger partial charge < -0.3 is 34.1 Å². The van der Waals surface area contributed by atoms with Gasteiger partial charge >= 0.3 is 0 Å². The fraction of sp³-hybridized carbons (Fsp3) is 0.465. The molecule has 2 aromatic heterocycles. The Morgan fingerprint density at radius 3 is 2.33 bits per heavy atom. The van der Waals surface area contributed by atoms with E-state index in [1.54, 1.807) is 33.5 Å². The third-order valence-electron chi connectivity index (χ3n) is 12.3. The summed E-state index contributed by atoms with van der Waals surface area (Å²) in [5, 5.41) is 5.26. The lowest BCUT2D eigenvalue weighted by Crippen LogP contribution is -2.61. The highest BCUT2D eigenvalue weighted by atomic mass is 32.1. The molecule has 4 aliphatic rings. The van der Waals surface area contributed by atoms with E-state index in [0.29, 0.717) is 83.7 Å². The third kappa shape index (κ3) is 7.73. The fourth-order valence-corrected chi connectivity index (χ4v) is 10.2. The van der Waals surface area contributed by atoms with Gasteiger partial charge in [-0.1, -0.05) is 0 Å². The second-order valence-electron chi connectivity index (χ2n) is 16.4. The number of ether oxygens (including phenoxy) is 2. The van der Waals surface area contributed by atoms with Crippen molar-refractivity contribution in [3.63, 3.8) is 0 Å². The number of benzene rings is 2. The van der Waals surface area contributed by atoms with E-state index in [2.05, 4.69) is 15.5 Å². The van der Waals surface area contributed by atoms with E-state index in [1.165, 1.54) is 15.5 Å². The van der Waals surface area contributed by atoms with Gasteiger partial charge in [-0.15, -0.1) is 11.3 Å². The summed E-state index contributed by atoms with van der Waals surface area (Å²) < 4.78 is 45.3. The molecule has 8 rings (SSSR count). The first-order valence-electron chi connectivity index (χ1n) is 20.1. The number of hydrogen-bond acceptors (Lipinski definition) is 11. The van der Waals surface area contributed by atoms with Crippen molar-refractivity contribution >= 4 is 50.7 Å². The van der Waals surface area contributed by atoms with Gasteiger partial charge in [0, 0.05) is 79.9 Å². The molecule has 4 aromatic rings. The normalized spacial score (nSPS) is 21.1. The minimum absolute atomic E-state index is 0.0609. The van der Waals surface area contributed by atoms with Crippen molar-refractivity contribution in [1.29, 1.82) is 0 Å². The number of aromatic nitrogens is 1. The largest absolute Gasteiger partial charge is 0.496 e. The molecular formula is C43H49F2N7O7S. The average Bonchev–Trinajstić information content (AvgIpc) is 3.81. The second kappa shape index (κ2) is 16.2. The number of piperidine rings is 3. The van der Waals surface area contributed by atoms with Crippen molar-refractivity contribution in [2.75, 3.05) is 59.4 Å². The molecule has 6 heterocycles. The number of hydrogen-bond donors (Lipinski definition) is 2. The predicted molar refractivity (Wildman–Crippen MR) is 223 cm³/mol. The van der Waals surface area contributed by atoms with Crippen LogP contribution in [0.25, 0.3) is 21.2 Å². The maximum absolute atomic E-state index is 15.9. The smallest absolute Gasteiger partial charge is 0.280 e. The number of pyridine rings is 1. The van der Waals surface area contributed by atoms with Crippen molar-refractivity contribution in [2.24, 2.45) is 7.05 Å². The van der Waals surface area contributed by atoms with Gasteiger partial charge in [-0.3, -0.25) is 34.2 Å². The zero-order chi connectivity index (χ0) is 42.6. The molecule has 17 heteroatoms. The van der Waals surface area contributed by atoms with E-state index in [4.69, 9.17) is 9.47 Å². The van der Waals surface area contributed by atoms with Crippen molar-refractivity contribution in [3.8, 4) is 22.6 Å². The number of rotatable bonds is 10. The highest BCUT2D eigenvalue weighted by Crippen LogP contribution is 2.40. The topological polar surface area (TPSA) is 146 Å². The summed E-state index contributed by atoms with van der Waals surface area (Å²) in [5.74, 6) is -3.64. The van der Waals surface area contributed by atoms with Crippen LogP contribution in [-0.2, 0) is 29.7 Å². The Labute approximate surface area is 350 Å². The maximum Gasteiger partial charge on any atom is 0.280 e. The number of nitrogens with zero attached hydrogens (tertiary/aromatic N) is 5. The summed E-state index contributed by atoms with van der Waals surface area (Å²) in [4.78, 5) is 72.0. The number of aryl methyl sites for hydroxylation is 1. The first-order valence-corrected chi connectivity index (χ1v) is 21.0. The summed E-state index contributed by atoms with van der Waals surface area (Å²) in [7, 11) is 8.67. The summed E-state index contributed by atoms with van der Waals surface area (Å²) >= 11 is 1.09. The molecule has 0 saturated carbocycles. The Bertz CT molecular complexity index is 2420. The van der Waals surface area contributed by atoms with Gasteiger partial charge in [-0.05, 0) is 87.3 Å². The standard InChI is InChI=1S/C43H49F2N7O7S/c1-48(2)21-31-33(58-4)17-24(18-34(31)59-5)30-22-49(3)41(56)29-19-35(60-38(29)30)40(55)46-36-12-15-51(23-43(36,44)45)26-10-13-50(14-11-26)27-6-7-28-25(16-27)20-52(42(28)57)32-8-9-37(53)47-39(32)54/h6-7,16-19,22,26,32,36H,8-15,20-21,23H2,1-5H3,(H,46,55)(H,47,53,54). The van der Waals surface area contributed by atoms with E-state index in [1.807, 2.05) is 48.2 Å². The molecular weight excluding hydrogens is 797 g/mol. The van der Waals surface area contributed by atoms with Gasteiger partial charge in [0.2, 0.25) is 11.8 Å². The SMILES string of the molecule is COc1cc(-c2cn(C)c(=O)c3cc(C(=O)NC4CCN(C5CCN(c6ccc7c(c6)CN(C6CCC(=O)NC6=O)C7=O)CC5)CC4(F)F)sc23)cc(OC)c1CN(C)C. The van der Waals surface area contributed by atoms with Crippen molar-refractivity contribution in [1.82, 2.24) is 29.9 Å². The third-order valence-corrected chi connectivity index (χ3v) is 13.4. The summed E-state index contributed by atoms with van der Waals surface area (Å²) in [6, 6.07) is 8.75. The number of fused-ring (bicyclic) bond motifs is 2. The molecule has 2 atom stereocenters. The van der Waals surface area contributed by atoms with Gasteiger partial charge in [0.1, 0.15) is 17.5 Å². The van der Waals surface area contributed by atoms with Crippen LogP contribution in [0.5, 0.6) is 11.5 Å². The minimum Gasteiger partial charge on any atom is -0.496 e. The quantitative estimate of drug-likeness (QED) is 0.223. The molecule has 4 aliphatic heterocycles. The summed E-state index contributed by atoms with van der Waals surface area (Å²) in [6.07, 6.45) is 3.58. The highest BCUT2D eigenvalue weighted by Gasteiger charge is 2.47. The zero-order valence-electron chi connectivity index (χ0n) is 34.3. The molecule has 318 valence electrons. The van der Waals surface area contributed by atoms with Crippen LogP contribution in [0.2, 0.25) is 0 Å².